The van der Waals surface area contributed by atoms with Crippen molar-refractivity contribution in [1.82, 2.24) is 0 Å². The molecule has 0 heterocycles. The number of aliphatic hydroxyl groups is 1. The molecule has 0 saturated carbocycles. The van der Waals surface area contributed by atoms with Crippen LogP contribution in [0, 0.1) is 0 Å². The number of nitrogens with zero attached hydrogens (tertiary/aromatic N) is 1. The first-order valence-electron chi connectivity index (χ1n) is 5.77. The van der Waals surface area contributed by atoms with Crippen molar-refractivity contribution in [3.8, 4) is 0 Å². The quantitative estimate of drug-likeness (QED) is 0.851. The Kier molecular flexibility index (Phi) is 5.75. The number of aliphatic hydroxyl groups excluding tert-OH is 1. The second-order valence-corrected chi connectivity index (χ2v) is 4.65. The number of hydrogen-bond acceptors (Lipinski definition) is 3. The van der Waals surface area contributed by atoms with E-state index in [1.54, 1.807) is 0 Å². The third-order valence-electron chi connectivity index (χ3n) is 2.50. The van der Waals surface area contributed by atoms with Crippen molar-refractivity contribution in [1.29, 1.82) is 0 Å². The van der Waals surface area contributed by atoms with Gasteiger partial charge < -0.3 is 14.7 Å². The van der Waals surface area contributed by atoms with Gasteiger partial charge in [-0.2, -0.15) is 0 Å². The molecule has 0 atom stereocenters. The van der Waals surface area contributed by atoms with Crippen LogP contribution in [0.25, 0.3) is 0 Å². The molecule has 0 radical (unpaired) electrons. The second-order valence-electron chi connectivity index (χ2n) is 4.25. The topological polar surface area (TPSA) is 32.7 Å². The van der Waals surface area contributed by atoms with E-state index >= 15 is 0 Å². The third-order valence-corrected chi connectivity index (χ3v) is 2.81. The molecular formula is C13H20ClNO2. The number of ether oxygens (including phenoxy) is 1. The highest BCUT2D eigenvalue weighted by molar-refractivity contribution is 6.33. The normalized spacial score (nSPS) is 10.9. The lowest BCUT2D eigenvalue weighted by atomic mass is 10.1. The van der Waals surface area contributed by atoms with Crippen molar-refractivity contribution in [2.75, 3.05) is 25.1 Å². The monoisotopic (exact) mass is 257 g/mol. The molecule has 0 fully saturated rings. The molecule has 17 heavy (non-hydrogen) atoms. The van der Waals surface area contributed by atoms with E-state index in [0.717, 1.165) is 17.8 Å². The van der Waals surface area contributed by atoms with E-state index in [-0.39, 0.29) is 12.7 Å². The van der Waals surface area contributed by atoms with E-state index in [0.29, 0.717) is 11.6 Å². The van der Waals surface area contributed by atoms with E-state index in [2.05, 4.69) is 0 Å². The first-order chi connectivity index (χ1) is 8.06. The number of rotatable bonds is 6. The molecule has 0 bridgehead atoms. The summed E-state index contributed by atoms with van der Waals surface area (Å²) >= 11 is 6.15. The van der Waals surface area contributed by atoms with Crippen LogP contribution in [0.4, 0.5) is 5.69 Å². The summed E-state index contributed by atoms with van der Waals surface area (Å²) in [6.07, 6.45) is 0.229. The fourth-order valence-electron chi connectivity index (χ4n) is 1.65. The van der Waals surface area contributed by atoms with Crippen LogP contribution in [0.1, 0.15) is 19.4 Å². The average Bonchev–Trinajstić information content (AvgIpc) is 2.27. The highest BCUT2D eigenvalue weighted by Crippen LogP contribution is 2.28. The van der Waals surface area contributed by atoms with Crippen LogP contribution in [0.15, 0.2) is 18.2 Å². The van der Waals surface area contributed by atoms with Crippen molar-refractivity contribution >= 4 is 17.3 Å². The number of likely N-dealkylation sites (N-methyl/N-ethyl adjacent to an activating group) is 1. The molecule has 1 aromatic rings. The summed E-state index contributed by atoms with van der Waals surface area (Å²) in [6, 6.07) is 5.55. The Bertz CT molecular complexity index is 355. The minimum Gasteiger partial charge on any atom is -0.392 e. The first kappa shape index (κ1) is 14.3. The summed E-state index contributed by atoms with van der Waals surface area (Å²) in [4.78, 5) is 2.01. The standard InChI is InChI=1S/C13H20ClNO2/c1-10(2)17-8-7-15(3)13-11(9-16)5-4-6-12(13)14/h4-6,10,16H,7-9H2,1-3H3. The predicted octanol–water partition coefficient (Wildman–Crippen LogP) is 2.69. The lowest BCUT2D eigenvalue weighted by Gasteiger charge is -2.23. The molecule has 0 spiro atoms. The molecule has 1 N–H and O–H groups in total. The molecule has 0 aliphatic rings. The van der Waals surface area contributed by atoms with Crippen LogP contribution >= 0.6 is 11.6 Å². The van der Waals surface area contributed by atoms with Crippen LogP contribution < -0.4 is 4.90 Å². The maximum absolute atomic E-state index is 9.29. The second kappa shape index (κ2) is 6.84. The summed E-state index contributed by atoms with van der Waals surface area (Å²) in [6.45, 7) is 5.40. The maximum Gasteiger partial charge on any atom is 0.0702 e. The summed E-state index contributed by atoms with van der Waals surface area (Å²) in [7, 11) is 1.95. The Morgan fingerprint density at radius 3 is 2.71 bits per heavy atom. The van der Waals surface area contributed by atoms with Crippen molar-refractivity contribution in [2.45, 2.75) is 26.6 Å². The Morgan fingerprint density at radius 2 is 2.12 bits per heavy atom. The van der Waals surface area contributed by atoms with Crippen molar-refractivity contribution in [2.24, 2.45) is 0 Å². The van der Waals surface area contributed by atoms with Crippen LogP contribution in [0.5, 0.6) is 0 Å². The lowest BCUT2D eigenvalue weighted by Crippen LogP contribution is -2.25. The van der Waals surface area contributed by atoms with E-state index in [1.165, 1.54) is 0 Å². The van der Waals surface area contributed by atoms with Gasteiger partial charge in [0.05, 0.1) is 30.0 Å². The van der Waals surface area contributed by atoms with Gasteiger partial charge in [-0.05, 0) is 19.9 Å². The number of hydrogen-bond donors (Lipinski definition) is 1. The molecule has 0 aliphatic carbocycles. The minimum absolute atomic E-state index is 0.00866. The molecule has 0 aliphatic heterocycles. The molecular weight excluding hydrogens is 238 g/mol. The molecule has 0 unspecified atom stereocenters. The summed E-state index contributed by atoms with van der Waals surface area (Å²) in [5.41, 5.74) is 1.72. The number of para-hydroxylation sites is 1. The van der Waals surface area contributed by atoms with Gasteiger partial charge in [0, 0.05) is 19.2 Å². The molecule has 0 aromatic heterocycles. The molecule has 1 aromatic carbocycles. The number of anilines is 1. The molecule has 3 nitrogen and oxygen atoms in total. The molecule has 4 heteroatoms. The van der Waals surface area contributed by atoms with Crippen LogP contribution in [-0.4, -0.2) is 31.4 Å². The number of benzene rings is 1. The molecule has 0 amide bonds. The van der Waals surface area contributed by atoms with Crippen LogP contribution in [0.3, 0.4) is 0 Å². The fourth-order valence-corrected chi connectivity index (χ4v) is 1.99. The fraction of sp³-hybridized carbons (Fsp3) is 0.538. The van der Waals surface area contributed by atoms with Gasteiger partial charge in [0.25, 0.3) is 0 Å². The minimum atomic E-state index is -0.00866. The van der Waals surface area contributed by atoms with Crippen LogP contribution in [-0.2, 0) is 11.3 Å². The summed E-state index contributed by atoms with van der Waals surface area (Å²) < 4.78 is 5.50. The van der Waals surface area contributed by atoms with Gasteiger partial charge in [-0.15, -0.1) is 0 Å². The SMILES string of the molecule is CC(C)OCCN(C)c1c(Cl)cccc1CO. The number of halogens is 1. The van der Waals surface area contributed by atoms with Gasteiger partial charge in [-0.25, -0.2) is 0 Å². The smallest absolute Gasteiger partial charge is 0.0702 e. The third kappa shape index (κ3) is 4.19. The van der Waals surface area contributed by atoms with E-state index in [1.807, 2.05) is 44.0 Å². The molecule has 1 rings (SSSR count). The molecule has 96 valence electrons. The molecule has 0 saturated heterocycles. The Morgan fingerprint density at radius 1 is 1.41 bits per heavy atom. The van der Waals surface area contributed by atoms with E-state index in [9.17, 15) is 5.11 Å². The van der Waals surface area contributed by atoms with Gasteiger partial charge in [-0.1, -0.05) is 23.7 Å². The first-order valence-corrected chi connectivity index (χ1v) is 6.15. The predicted molar refractivity (Wildman–Crippen MR) is 71.7 cm³/mol. The maximum atomic E-state index is 9.29. The zero-order valence-electron chi connectivity index (χ0n) is 10.6. The van der Waals surface area contributed by atoms with Crippen LogP contribution in [0.2, 0.25) is 5.02 Å². The van der Waals surface area contributed by atoms with Gasteiger partial charge in [0.15, 0.2) is 0 Å². The van der Waals surface area contributed by atoms with Crippen molar-refractivity contribution < 1.29 is 9.84 Å². The van der Waals surface area contributed by atoms with Crippen molar-refractivity contribution in [3.05, 3.63) is 28.8 Å². The average molecular weight is 258 g/mol. The zero-order chi connectivity index (χ0) is 12.8. The highest BCUT2D eigenvalue weighted by atomic mass is 35.5. The van der Waals surface area contributed by atoms with E-state index in [4.69, 9.17) is 16.3 Å². The summed E-state index contributed by atoms with van der Waals surface area (Å²) in [5, 5.41) is 9.94. The van der Waals surface area contributed by atoms with E-state index < -0.39 is 0 Å². The Labute approximate surface area is 108 Å². The zero-order valence-corrected chi connectivity index (χ0v) is 11.4. The van der Waals surface area contributed by atoms with Gasteiger partial charge >= 0.3 is 0 Å². The van der Waals surface area contributed by atoms with Gasteiger partial charge in [-0.3, -0.25) is 0 Å². The Hall–Kier alpha value is -0.770. The van der Waals surface area contributed by atoms with Gasteiger partial charge in [0.1, 0.15) is 0 Å². The van der Waals surface area contributed by atoms with Gasteiger partial charge in [0.2, 0.25) is 0 Å². The highest BCUT2D eigenvalue weighted by Gasteiger charge is 2.11. The lowest BCUT2D eigenvalue weighted by molar-refractivity contribution is 0.0845. The summed E-state index contributed by atoms with van der Waals surface area (Å²) in [5.74, 6) is 0. The largest absolute Gasteiger partial charge is 0.392 e. The Balaban J connectivity index is 2.70. The van der Waals surface area contributed by atoms with Crippen molar-refractivity contribution in [3.63, 3.8) is 0 Å².